The molecule has 1 fully saturated rings. The number of likely N-dealkylation sites (tertiary alicyclic amines) is 1. The van der Waals surface area contributed by atoms with E-state index in [1.807, 2.05) is 64.6 Å². The Balaban J connectivity index is 1.71. The molecule has 1 saturated heterocycles. The van der Waals surface area contributed by atoms with Gasteiger partial charge in [0.25, 0.3) is 11.5 Å². The summed E-state index contributed by atoms with van der Waals surface area (Å²) in [6, 6.07) is 9.68. The summed E-state index contributed by atoms with van der Waals surface area (Å²) in [5.74, 6) is 0.238. The summed E-state index contributed by atoms with van der Waals surface area (Å²) < 4.78 is 11.0. The molecule has 1 aliphatic heterocycles. The Labute approximate surface area is 272 Å². The summed E-state index contributed by atoms with van der Waals surface area (Å²) in [7, 11) is 1.57. The van der Waals surface area contributed by atoms with Crippen molar-refractivity contribution < 1.29 is 19.1 Å². The largest absolute Gasteiger partial charge is 0.481 e. The van der Waals surface area contributed by atoms with Gasteiger partial charge in [0.15, 0.2) is 0 Å². The first-order valence-corrected chi connectivity index (χ1v) is 16.0. The van der Waals surface area contributed by atoms with E-state index in [0.29, 0.717) is 23.6 Å². The molecule has 0 aliphatic carbocycles. The molecule has 0 bridgehead atoms. The van der Waals surface area contributed by atoms with Crippen LogP contribution in [0.25, 0.3) is 11.1 Å². The van der Waals surface area contributed by atoms with Gasteiger partial charge in [-0.2, -0.15) is 0 Å². The predicted octanol–water partition coefficient (Wildman–Crippen LogP) is 6.30. The van der Waals surface area contributed by atoms with Crippen molar-refractivity contribution in [3.8, 4) is 17.0 Å². The number of amides is 2. The van der Waals surface area contributed by atoms with Gasteiger partial charge in [-0.1, -0.05) is 0 Å². The van der Waals surface area contributed by atoms with Crippen LogP contribution in [-0.4, -0.2) is 64.2 Å². The van der Waals surface area contributed by atoms with E-state index in [1.54, 1.807) is 19.4 Å². The molecular formula is C36H49N5O5. The zero-order valence-corrected chi connectivity index (χ0v) is 28.9. The molecule has 0 spiro atoms. The number of aryl methyl sites for hydroxylation is 2. The van der Waals surface area contributed by atoms with Crippen molar-refractivity contribution in [1.82, 2.24) is 20.2 Å². The molecule has 2 aromatic heterocycles. The Morgan fingerprint density at radius 1 is 1.07 bits per heavy atom. The SMILES string of the molecule is CCN(c1cc(-c2ccc(OC)nc2)cc(C(=O)NCc2c(C)cc(C)[nH]c2=O)c1C)C1CC(C)N(C(=O)OC(C)(C)C)C(C)C1. The Bertz CT molecular complexity index is 1610. The third-order valence-corrected chi connectivity index (χ3v) is 8.69. The van der Waals surface area contributed by atoms with Crippen molar-refractivity contribution in [1.29, 1.82) is 0 Å². The molecule has 3 aromatic rings. The van der Waals surface area contributed by atoms with Crippen LogP contribution in [0, 0.1) is 20.8 Å². The number of H-pyrrole nitrogens is 1. The minimum absolute atomic E-state index is 0.0365. The molecule has 46 heavy (non-hydrogen) atoms. The topological polar surface area (TPSA) is 117 Å². The first-order valence-electron chi connectivity index (χ1n) is 16.0. The van der Waals surface area contributed by atoms with Gasteiger partial charge in [0.05, 0.1) is 7.11 Å². The highest BCUT2D eigenvalue weighted by molar-refractivity contribution is 5.99. The summed E-state index contributed by atoms with van der Waals surface area (Å²) in [4.78, 5) is 51.0. The molecule has 248 valence electrons. The van der Waals surface area contributed by atoms with Crippen LogP contribution in [0.5, 0.6) is 5.88 Å². The molecular weight excluding hydrogens is 582 g/mol. The number of nitrogens with one attached hydrogen (secondary N) is 2. The van der Waals surface area contributed by atoms with Gasteiger partial charge in [0.1, 0.15) is 5.60 Å². The lowest BCUT2D eigenvalue weighted by molar-refractivity contribution is -0.00252. The Morgan fingerprint density at radius 3 is 2.28 bits per heavy atom. The van der Waals surface area contributed by atoms with Gasteiger partial charge < -0.3 is 29.6 Å². The van der Waals surface area contributed by atoms with Crippen LogP contribution in [0.1, 0.15) is 87.1 Å². The fourth-order valence-corrected chi connectivity index (χ4v) is 6.54. The second kappa shape index (κ2) is 14.0. The van der Waals surface area contributed by atoms with Crippen LogP contribution in [0.4, 0.5) is 10.5 Å². The molecule has 10 nitrogen and oxygen atoms in total. The Hall–Kier alpha value is -4.34. The number of methoxy groups -OCH3 is 1. The summed E-state index contributed by atoms with van der Waals surface area (Å²) in [6.45, 7) is 18.4. The fourth-order valence-electron chi connectivity index (χ4n) is 6.54. The number of aromatic nitrogens is 2. The lowest BCUT2D eigenvalue weighted by Gasteiger charge is -2.47. The van der Waals surface area contributed by atoms with Crippen LogP contribution >= 0.6 is 0 Å². The molecule has 0 saturated carbocycles. The van der Waals surface area contributed by atoms with E-state index in [1.165, 1.54) is 0 Å². The number of nitrogens with zero attached hydrogens (tertiary/aromatic N) is 3. The van der Waals surface area contributed by atoms with Gasteiger partial charge in [0.2, 0.25) is 5.88 Å². The zero-order chi connectivity index (χ0) is 33.9. The number of hydrogen-bond acceptors (Lipinski definition) is 7. The quantitative estimate of drug-likeness (QED) is 0.300. The second-order valence-corrected chi connectivity index (χ2v) is 13.4. The maximum atomic E-state index is 13.9. The number of hydrogen-bond donors (Lipinski definition) is 2. The highest BCUT2D eigenvalue weighted by Crippen LogP contribution is 2.36. The molecule has 2 atom stereocenters. The lowest BCUT2D eigenvalue weighted by Crippen LogP contribution is -2.56. The average molecular weight is 632 g/mol. The Kier molecular flexibility index (Phi) is 10.5. The zero-order valence-electron chi connectivity index (χ0n) is 28.9. The summed E-state index contributed by atoms with van der Waals surface area (Å²) in [5.41, 5.74) is 5.36. The minimum Gasteiger partial charge on any atom is -0.481 e. The first kappa shape index (κ1) is 34.5. The normalized spacial score (nSPS) is 18.2. The molecule has 1 aliphatic rings. The van der Waals surface area contributed by atoms with Crippen LogP contribution in [-0.2, 0) is 11.3 Å². The van der Waals surface area contributed by atoms with E-state index in [0.717, 1.165) is 46.5 Å². The summed E-state index contributed by atoms with van der Waals surface area (Å²) in [6.07, 6.45) is 2.95. The highest BCUT2D eigenvalue weighted by Gasteiger charge is 2.38. The molecule has 2 unspecified atom stereocenters. The number of benzene rings is 1. The van der Waals surface area contributed by atoms with Crippen molar-refractivity contribution >= 4 is 17.7 Å². The number of aromatic amines is 1. The van der Waals surface area contributed by atoms with E-state index in [4.69, 9.17) is 9.47 Å². The minimum atomic E-state index is -0.570. The monoisotopic (exact) mass is 631 g/mol. The number of ether oxygens (including phenoxy) is 2. The fraction of sp³-hybridized carbons (Fsp3) is 0.500. The maximum absolute atomic E-state index is 13.9. The van der Waals surface area contributed by atoms with E-state index in [9.17, 15) is 14.4 Å². The van der Waals surface area contributed by atoms with E-state index in [-0.39, 0.29) is 42.2 Å². The van der Waals surface area contributed by atoms with Crippen LogP contribution in [0.15, 0.2) is 41.3 Å². The first-order chi connectivity index (χ1) is 21.6. The molecule has 2 amide bonds. The Morgan fingerprint density at radius 2 is 1.74 bits per heavy atom. The number of pyridine rings is 2. The summed E-state index contributed by atoms with van der Waals surface area (Å²) in [5, 5.41) is 3.00. The van der Waals surface area contributed by atoms with Crippen molar-refractivity contribution in [2.24, 2.45) is 0 Å². The van der Waals surface area contributed by atoms with Gasteiger partial charge in [-0.3, -0.25) is 9.59 Å². The van der Waals surface area contributed by atoms with Crippen molar-refractivity contribution in [2.75, 3.05) is 18.6 Å². The third kappa shape index (κ3) is 7.71. The van der Waals surface area contributed by atoms with Crippen molar-refractivity contribution in [2.45, 2.75) is 105 Å². The molecule has 1 aromatic carbocycles. The lowest BCUT2D eigenvalue weighted by atomic mass is 9.90. The van der Waals surface area contributed by atoms with Crippen molar-refractivity contribution in [3.05, 3.63) is 74.8 Å². The molecule has 3 heterocycles. The van der Waals surface area contributed by atoms with E-state index in [2.05, 4.69) is 47.0 Å². The summed E-state index contributed by atoms with van der Waals surface area (Å²) >= 11 is 0. The molecule has 10 heteroatoms. The predicted molar refractivity (Wildman–Crippen MR) is 182 cm³/mol. The second-order valence-electron chi connectivity index (χ2n) is 13.4. The van der Waals surface area contributed by atoms with E-state index < -0.39 is 5.60 Å². The van der Waals surface area contributed by atoms with Gasteiger partial charge in [0, 0.05) is 71.5 Å². The highest BCUT2D eigenvalue weighted by atomic mass is 16.6. The van der Waals surface area contributed by atoms with Crippen molar-refractivity contribution in [3.63, 3.8) is 0 Å². The van der Waals surface area contributed by atoms with Gasteiger partial charge in [-0.05, 0) is 116 Å². The average Bonchev–Trinajstić information content (AvgIpc) is 2.96. The third-order valence-electron chi connectivity index (χ3n) is 8.69. The van der Waals surface area contributed by atoms with Crippen LogP contribution < -0.4 is 20.5 Å². The number of anilines is 1. The number of carbonyl (C=O) groups excluding carboxylic acids is 2. The van der Waals surface area contributed by atoms with Gasteiger partial charge >= 0.3 is 6.09 Å². The molecule has 0 radical (unpaired) electrons. The van der Waals surface area contributed by atoms with Crippen LogP contribution in [0.3, 0.4) is 0 Å². The maximum Gasteiger partial charge on any atom is 0.410 e. The number of carbonyl (C=O) groups is 2. The smallest absolute Gasteiger partial charge is 0.410 e. The van der Waals surface area contributed by atoms with E-state index >= 15 is 0 Å². The standard InChI is InChI=1S/C36H49N5O5/c1-11-40(28-15-23(4)41(24(5)16-28)35(44)46-36(7,8)9)31-18-27(26-12-13-32(45-10)37-19-26)17-29(25(31)6)33(42)38-20-30-21(2)14-22(3)39-34(30)43/h12-14,17-19,23-24,28H,11,15-16,20H2,1-10H3,(H,38,42)(H,39,43). The number of rotatable bonds is 8. The number of piperidine rings is 1. The van der Waals surface area contributed by atoms with Crippen LogP contribution in [0.2, 0.25) is 0 Å². The molecule has 4 rings (SSSR count). The van der Waals surface area contributed by atoms with Gasteiger partial charge in [-0.15, -0.1) is 0 Å². The van der Waals surface area contributed by atoms with Gasteiger partial charge in [-0.25, -0.2) is 9.78 Å². The molecule has 2 N–H and O–H groups in total.